The number of aromatic nitrogens is 4. The van der Waals surface area contributed by atoms with Gasteiger partial charge in [-0.1, -0.05) is 18.2 Å². The molecular weight excluding hydrogens is 200 g/mol. The summed E-state index contributed by atoms with van der Waals surface area (Å²) in [4.78, 5) is 14.2. The van der Waals surface area contributed by atoms with Gasteiger partial charge in [-0.15, -0.1) is 0 Å². The second-order valence-corrected chi connectivity index (χ2v) is 3.51. The molecule has 78 valence electrons. The van der Waals surface area contributed by atoms with E-state index in [-0.39, 0.29) is 0 Å². The second kappa shape index (κ2) is 3.66. The van der Waals surface area contributed by atoms with E-state index in [2.05, 4.69) is 26.0 Å². The van der Waals surface area contributed by atoms with E-state index in [1.165, 1.54) is 0 Å². The third kappa shape index (κ3) is 1.50. The molecule has 4 nitrogen and oxygen atoms in total. The third-order valence-corrected chi connectivity index (χ3v) is 2.48. The van der Waals surface area contributed by atoms with E-state index < -0.39 is 0 Å². The maximum atomic E-state index is 4.02. The van der Waals surface area contributed by atoms with Crippen molar-refractivity contribution in [1.82, 2.24) is 19.9 Å². The smallest absolute Gasteiger partial charge is 0.0924 e. The molecule has 0 saturated heterocycles. The highest BCUT2D eigenvalue weighted by Gasteiger charge is 2.02. The Hall–Kier alpha value is -2.36. The Morgan fingerprint density at radius 1 is 0.812 bits per heavy atom. The molecule has 0 bridgehead atoms. The fraction of sp³-hybridized carbons (Fsp3) is 0. The van der Waals surface area contributed by atoms with Crippen LogP contribution in [-0.2, 0) is 0 Å². The van der Waals surface area contributed by atoms with Crippen LogP contribution in [0.4, 0.5) is 0 Å². The number of hydrogen-bond donors (Lipinski definition) is 2. The van der Waals surface area contributed by atoms with Gasteiger partial charge in [-0.3, -0.25) is 0 Å². The van der Waals surface area contributed by atoms with Crippen molar-refractivity contribution in [3.05, 3.63) is 49.3 Å². The van der Waals surface area contributed by atoms with E-state index in [4.69, 9.17) is 0 Å². The quantitative estimate of drug-likeness (QED) is 0.682. The van der Waals surface area contributed by atoms with E-state index in [9.17, 15) is 0 Å². The summed E-state index contributed by atoms with van der Waals surface area (Å²) in [5, 5.41) is 0. The van der Waals surface area contributed by atoms with Gasteiger partial charge in [0.25, 0.3) is 0 Å². The number of nitrogens with zero attached hydrogens (tertiary/aromatic N) is 2. The maximum Gasteiger partial charge on any atom is 0.0924 e. The van der Waals surface area contributed by atoms with Crippen LogP contribution in [0.3, 0.4) is 0 Å². The van der Waals surface area contributed by atoms with Crippen LogP contribution in [-0.4, -0.2) is 19.9 Å². The molecule has 0 aliphatic heterocycles. The Kier molecular flexibility index (Phi) is 2.04. The Labute approximate surface area is 92.4 Å². The van der Waals surface area contributed by atoms with E-state index in [0.29, 0.717) is 0 Å². The zero-order valence-electron chi connectivity index (χ0n) is 8.51. The molecular formula is C12H10N4. The Bertz CT molecular complexity index is 517. The number of benzene rings is 1. The highest BCUT2D eigenvalue weighted by atomic mass is 14.9. The molecule has 2 aromatic heterocycles. The Morgan fingerprint density at radius 3 is 1.81 bits per heavy atom. The van der Waals surface area contributed by atoms with E-state index in [1.54, 1.807) is 12.7 Å². The SMILES string of the molecule is c1cc(-c2cnc[nH]2)cc(-c2cnc[nH]2)c1. The van der Waals surface area contributed by atoms with Gasteiger partial charge in [0.05, 0.1) is 36.4 Å². The topological polar surface area (TPSA) is 57.4 Å². The van der Waals surface area contributed by atoms with Gasteiger partial charge < -0.3 is 9.97 Å². The molecule has 3 aromatic rings. The molecule has 0 amide bonds. The minimum atomic E-state index is 1.02. The molecule has 0 aliphatic carbocycles. The molecule has 0 fully saturated rings. The van der Waals surface area contributed by atoms with Crippen LogP contribution in [0.15, 0.2) is 49.3 Å². The van der Waals surface area contributed by atoms with Crippen LogP contribution in [0, 0.1) is 0 Å². The van der Waals surface area contributed by atoms with Crippen molar-refractivity contribution in [2.24, 2.45) is 0 Å². The predicted octanol–water partition coefficient (Wildman–Crippen LogP) is 2.47. The molecule has 0 spiro atoms. The third-order valence-electron chi connectivity index (χ3n) is 2.48. The zero-order valence-corrected chi connectivity index (χ0v) is 8.51. The van der Waals surface area contributed by atoms with E-state index >= 15 is 0 Å². The summed E-state index contributed by atoms with van der Waals surface area (Å²) in [6.45, 7) is 0. The van der Waals surface area contributed by atoms with Gasteiger partial charge in [0.2, 0.25) is 0 Å². The van der Waals surface area contributed by atoms with Gasteiger partial charge in [0.1, 0.15) is 0 Å². The van der Waals surface area contributed by atoms with Crippen molar-refractivity contribution in [2.75, 3.05) is 0 Å². The fourth-order valence-corrected chi connectivity index (χ4v) is 1.68. The maximum absolute atomic E-state index is 4.02. The molecule has 0 unspecified atom stereocenters. The van der Waals surface area contributed by atoms with Crippen molar-refractivity contribution in [1.29, 1.82) is 0 Å². The summed E-state index contributed by atoms with van der Waals surface area (Å²) in [5.74, 6) is 0. The second-order valence-electron chi connectivity index (χ2n) is 3.51. The van der Waals surface area contributed by atoms with Gasteiger partial charge in [-0.2, -0.15) is 0 Å². The number of rotatable bonds is 2. The standard InChI is InChI=1S/C12H10N4/c1-2-9(11-5-13-7-15-11)4-10(3-1)12-6-14-8-16-12/h1-8H,(H,13,15)(H,14,16). The average Bonchev–Trinajstić information content (AvgIpc) is 3.03. The molecule has 0 aliphatic rings. The number of H-pyrrole nitrogens is 2. The van der Waals surface area contributed by atoms with Crippen molar-refractivity contribution in [3.8, 4) is 22.5 Å². The number of nitrogens with one attached hydrogen (secondary N) is 2. The summed E-state index contributed by atoms with van der Waals surface area (Å²) in [7, 11) is 0. The first-order valence-corrected chi connectivity index (χ1v) is 5.01. The normalized spacial score (nSPS) is 10.5. The van der Waals surface area contributed by atoms with Crippen LogP contribution in [0.2, 0.25) is 0 Å². The largest absolute Gasteiger partial charge is 0.345 e. The molecule has 0 saturated carbocycles. The van der Waals surface area contributed by atoms with Crippen LogP contribution in [0.1, 0.15) is 0 Å². The zero-order chi connectivity index (χ0) is 10.8. The minimum Gasteiger partial charge on any atom is -0.345 e. The Morgan fingerprint density at radius 2 is 1.38 bits per heavy atom. The average molecular weight is 210 g/mol. The van der Waals surface area contributed by atoms with Gasteiger partial charge in [-0.05, 0) is 6.07 Å². The van der Waals surface area contributed by atoms with Gasteiger partial charge in [-0.25, -0.2) is 9.97 Å². The highest BCUT2D eigenvalue weighted by molar-refractivity contribution is 5.68. The molecule has 3 rings (SSSR count). The molecule has 2 N–H and O–H groups in total. The van der Waals surface area contributed by atoms with Gasteiger partial charge in [0.15, 0.2) is 0 Å². The molecule has 1 aromatic carbocycles. The lowest BCUT2D eigenvalue weighted by Gasteiger charge is -2.01. The minimum absolute atomic E-state index is 1.02. The monoisotopic (exact) mass is 210 g/mol. The van der Waals surface area contributed by atoms with Crippen molar-refractivity contribution >= 4 is 0 Å². The fourth-order valence-electron chi connectivity index (χ4n) is 1.68. The highest BCUT2D eigenvalue weighted by Crippen LogP contribution is 2.23. The van der Waals surface area contributed by atoms with Crippen LogP contribution < -0.4 is 0 Å². The lowest BCUT2D eigenvalue weighted by atomic mass is 10.1. The van der Waals surface area contributed by atoms with Crippen LogP contribution in [0.25, 0.3) is 22.5 Å². The summed E-state index contributed by atoms with van der Waals surface area (Å²) in [6.07, 6.45) is 6.98. The molecule has 2 heterocycles. The summed E-state index contributed by atoms with van der Waals surface area (Å²) < 4.78 is 0. The number of aromatic amines is 2. The predicted molar refractivity (Wildman–Crippen MR) is 61.6 cm³/mol. The number of hydrogen-bond acceptors (Lipinski definition) is 2. The first-order valence-electron chi connectivity index (χ1n) is 5.01. The summed E-state index contributed by atoms with van der Waals surface area (Å²) >= 11 is 0. The molecule has 0 radical (unpaired) electrons. The lowest BCUT2D eigenvalue weighted by Crippen LogP contribution is -1.80. The van der Waals surface area contributed by atoms with Crippen molar-refractivity contribution < 1.29 is 0 Å². The van der Waals surface area contributed by atoms with E-state index in [1.807, 2.05) is 30.6 Å². The molecule has 4 heteroatoms. The van der Waals surface area contributed by atoms with Crippen LogP contribution in [0.5, 0.6) is 0 Å². The first-order chi connectivity index (χ1) is 7.93. The summed E-state index contributed by atoms with van der Waals surface area (Å²) in [5.41, 5.74) is 4.26. The molecule has 16 heavy (non-hydrogen) atoms. The lowest BCUT2D eigenvalue weighted by molar-refractivity contribution is 1.31. The van der Waals surface area contributed by atoms with Gasteiger partial charge in [0, 0.05) is 11.1 Å². The van der Waals surface area contributed by atoms with E-state index in [0.717, 1.165) is 22.5 Å². The summed E-state index contributed by atoms with van der Waals surface area (Å²) in [6, 6.07) is 8.22. The van der Waals surface area contributed by atoms with Crippen molar-refractivity contribution in [3.63, 3.8) is 0 Å². The van der Waals surface area contributed by atoms with Crippen LogP contribution >= 0.6 is 0 Å². The molecule has 0 atom stereocenters. The van der Waals surface area contributed by atoms with Crippen molar-refractivity contribution in [2.45, 2.75) is 0 Å². The Balaban J connectivity index is 2.07. The first kappa shape index (κ1) is 8.91. The number of imidazole rings is 2. The van der Waals surface area contributed by atoms with Gasteiger partial charge >= 0.3 is 0 Å².